The monoisotopic (exact) mass is 492 g/mol. The molecule has 182 valence electrons. The van der Waals surface area contributed by atoms with E-state index < -0.39 is 24.5 Å². The van der Waals surface area contributed by atoms with Gasteiger partial charge in [0.2, 0.25) is 0 Å². The number of anilines is 1. The summed E-state index contributed by atoms with van der Waals surface area (Å²) in [5.74, 6) is -0.988. The molecule has 0 radical (unpaired) electrons. The van der Waals surface area contributed by atoms with Crippen LogP contribution in [0, 0.1) is 5.92 Å². The lowest BCUT2D eigenvalue weighted by Gasteiger charge is -2.24. The van der Waals surface area contributed by atoms with Gasteiger partial charge in [-0.2, -0.15) is 0 Å². The third-order valence-corrected chi connectivity index (χ3v) is 7.90. The Kier molecular flexibility index (Phi) is 6.56. The van der Waals surface area contributed by atoms with Crippen LogP contribution < -0.4 is 5.32 Å². The van der Waals surface area contributed by atoms with Crippen LogP contribution in [0.3, 0.4) is 0 Å². The predicted molar refractivity (Wildman–Crippen MR) is 134 cm³/mol. The molecule has 2 heterocycles. The molecule has 3 aromatic rings. The first-order chi connectivity index (χ1) is 17.0. The van der Waals surface area contributed by atoms with Gasteiger partial charge in [0.1, 0.15) is 5.00 Å². The minimum Gasteiger partial charge on any atom is -0.462 e. The highest BCUT2D eigenvalue weighted by Gasteiger charge is 2.29. The van der Waals surface area contributed by atoms with E-state index in [-0.39, 0.29) is 6.61 Å². The number of pyridine rings is 1. The second-order valence-corrected chi connectivity index (χ2v) is 10.3. The molecule has 0 fully saturated rings. The van der Waals surface area contributed by atoms with Crippen LogP contribution in [-0.2, 0) is 40.0 Å². The van der Waals surface area contributed by atoms with Crippen molar-refractivity contribution in [1.29, 1.82) is 0 Å². The number of para-hydroxylation sites is 1. The molecule has 5 rings (SSSR count). The van der Waals surface area contributed by atoms with Crippen molar-refractivity contribution in [3.05, 3.63) is 57.1 Å². The Labute approximate surface area is 207 Å². The number of nitrogens with zero attached hydrogens (tertiary/aromatic N) is 1. The normalized spacial score (nSPS) is 16.5. The lowest BCUT2D eigenvalue weighted by Crippen LogP contribution is -2.24. The van der Waals surface area contributed by atoms with Crippen LogP contribution in [0.4, 0.5) is 5.00 Å². The van der Waals surface area contributed by atoms with Crippen molar-refractivity contribution in [2.75, 3.05) is 18.5 Å². The molecule has 2 aliphatic rings. The van der Waals surface area contributed by atoms with Gasteiger partial charge in [0, 0.05) is 16.0 Å². The van der Waals surface area contributed by atoms with E-state index in [2.05, 4.69) is 12.2 Å². The van der Waals surface area contributed by atoms with E-state index in [1.807, 2.05) is 24.3 Å². The summed E-state index contributed by atoms with van der Waals surface area (Å²) < 4.78 is 10.7. The van der Waals surface area contributed by atoms with Gasteiger partial charge in [-0.1, -0.05) is 25.1 Å². The minimum absolute atomic E-state index is 0.261. The number of thiophene rings is 1. The average molecular weight is 493 g/mol. The molecule has 1 aromatic carbocycles. The highest BCUT2D eigenvalue weighted by Crippen LogP contribution is 2.39. The molecule has 0 aliphatic heterocycles. The highest BCUT2D eigenvalue weighted by molar-refractivity contribution is 7.17. The van der Waals surface area contributed by atoms with Gasteiger partial charge in [-0.05, 0) is 68.6 Å². The van der Waals surface area contributed by atoms with Gasteiger partial charge in [-0.3, -0.25) is 9.78 Å². The maximum Gasteiger partial charge on any atom is 0.341 e. The van der Waals surface area contributed by atoms with Crippen molar-refractivity contribution < 1.29 is 23.9 Å². The van der Waals surface area contributed by atoms with Crippen LogP contribution in [0.5, 0.6) is 0 Å². The zero-order valence-electron chi connectivity index (χ0n) is 19.9. The Bertz CT molecular complexity index is 1330. The predicted octanol–water partition coefficient (Wildman–Crippen LogP) is 4.88. The van der Waals surface area contributed by atoms with E-state index in [4.69, 9.17) is 14.5 Å². The van der Waals surface area contributed by atoms with E-state index in [0.29, 0.717) is 22.0 Å². The van der Waals surface area contributed by atoms with E-state index in [9.17, 15) is 14.4 Å². The molecule has 2 aliphatic carbocycles. The van der Waals surface area contributed by atoms with E-state index in [1.165, 1.54) is 11.3 Å². The summed E-state index contributed by atoms with van der Waals surface area (Å²) in [7, 11) is 0. The number of aromatic nitrogens is 1. The van der Waals surface area contributed by atoms with Crippen molar-refractivity contribution >= 4 is 45.1 Å². The first kappa shape index (κ1) is 23.5. The number of fused-ring (bicyclic) bond motifs is 3. The zero-order chi connectivity index (χ0) is 24.5. The molecular weight excluding hydrogens is 464 g/mol. The number of hydrogen-bond acceptors (Lipinski definition) is 7. The summed E-state index contributed by atoms with van der Waals surface area (Å²) in [4.78, 5) is 44.5. The number of benzene rings is 1. The minimum atomic E-state index is -0.525. The number of carbonyl (C=O) groups excluding carboxylic acids is 3. The van der Waals surface area contributed by atoms with Gasteiger partial charge in [-0.25, -0.2) is 9.59 Å². The molecule has 2 aromatic heterocycles. The standard InChI is InChI=1S/C27H28N2O5S/c1-3-33-27(32)24-17-8-6-10-21(17)35-25(24)29-22(30)14-34-26(31)23-16-7-4-5-9-19(16)28-20-12-11-15(2)13-18(20)23/h4-5,7,9,15H,3,6,8,10-14H2,1-2H3,(H,29,30). The fourth-order valence-corrected chi connectivity index (χ4v) is 6.37. The summed E-state index contributed by atoms with van der Waals surface area (Å²) in [5, 5.41) is 3.99. The van der Waals surface area contributed by atoms with Crippen LogP contribution in [0.25, 0.3) is 10.9 Å². The number of rotatable bonds is 6. The van der Waals surface area contributed by atoms with Gasteiger partial charge >= 0.3 is 11.9 Å². The number of carbonyl (C=O) groups is 3. The molecule has 7 nitrogen and oxygen atoms in total. The van der Waals surface area contributed by atoms with E-state index >= 15 is 0 Å². The van der Waals surface area contributed by atoms with Crippen LogP contribution >= 0.6 is 11.3 Å². The molecule has 1 amide bonds. The van der Waals surface area contributed by atoms with Gasteiger partial charge in [0.25, 0.3) is 5.91 Å². The maximum atomic E-state index is 13.3. The van der Waals surface area contributed by atoms with Crippen LogP contribution in [0.2, 0.25) is 0 Å². The number of hydrogen-bond donors (Lipinski definition) is 1. The highest BCUT2D eigenvalue weighted by atomic mass is 32.1. The summed E-state index contributed by atoms with van der Waals surface area (Å²) in [5.41, 5.74) is 4.52. The first-order valence-corrected chi connectivity index (χ1v) is 13.0. The molecule has 0 spiro atoms. The van der Waals surface area contributed by atoms with Gasteiger partial charge in [0.15, 0.2) is 6.61 Å². The number of esters is 2. The van der Waals surface area contributed by atoms with Crippen molar-refractivity contribution in [3.8, 4) is 0 Å². The topological polar surface area (TPSA) is 94.6 Å². The average Bonchev–Trinajstić information content (AvgIpc) is 3.42. The third-order valence-electron chi connectivity index (χ3n) is 6.70. The second kappa shape index (κ2) is 9.77. The molecule has 0 saturated carbocycles. The quantitative estimate of drug-likeness (QED) is 0.493. The number of ether oxygens (including phenoxy) is 2. The SMILES string of the molecule is CCOC(=O)c1c(NC(=O)COC(=O)c2c3c(nc4ccccc24)CCC(C)C3)sc2c1CCC2. The lowest BCUT2D eigenvalue weighted by molar-refractivity contribution is -0.119. The molecule has 1 unspecified atom stereocenters. The van der Waals surface area contributed by atoms with Crippen molar-refractivity contribution in [1.82, 2.24) is 4.98 Å². The molecule has 1 atom stereocenters. The molecule has 35 heavy (non-hydrogen) atoms. The van der Waals surface area contributed by atoms with Crippen molar-refractivity contribution in [2.24, 2.45) is 5.92 Å². The first-order valence-electron chi connectivity index (χ1n) is 12.1. The molecule has 0 bridgehead atoms. The largest absolute Gasteiger partial charge is 0.462 e. The zero-order valence-corrected chi connectivity index (χ0v) is 20.8. The summed E-state index contributed by atoms with van der Waals surface area (Å²) in [6.07, 6.45) is 5.28. The summed E-state index contributed by atoms with van der Waals surface area (Å²) in [6, 6.07) is 7.54. The van der Waals surface area contributed by atoms with E-state index in [1.54, 1.807) is 6.92 Å². The summed E-state index contributed by atoms with van der Waals surface area (Å²) in [6.45, 7) is 3.74. The fourth-order valence-electron chi connectivity index (χ4n) is 5.07. The fraction of sp³-hybridized carbons (Fsp3) is 0.407. The molecule has 0 saturated heterocycles. The van der Waals surface area contributed by atoms with Crippen LogP contribution in [0.1, 0.15) is 69.1 Å². The van der Waals surface area contributed by atoms with Crippen LogP contribution in [0.15, 0.2) is 24.3 Å². The van der Waals surface area contributed by atoms with Gasteiger partial charge in [0.05, 0.1) is 23.3 Å². The second-order valence-electron chi connectivity index (χ2n) is 9.18. The summed E-state index contributed by atoms with van der Waals surface area (Å²) >= 11 is 1.40. The van der Waals surface area contributed by atoms with Crippen LogP contribution in [-0.4, -0.2) is 36.0 Å². The Morgan fingerprint density at radius 1 is 1.06 bits per heavy atom. The Balaban J connectivity index is 1.35. The Hall–Kier alpha value is -3.26. The lowest BCUT2D eigenvalue weighted by atomic mass is 9.84. The molecule has 8 heteroatoms. The maximum absolute atomic E-state index is 13.3. The van der Waals surface area contributed by atoms with Crippen molar-refractivity contribution in [2.45, 2.75) is 52.4 Å². The number of amides is 1. The van der Waals surface area contributed by atoms with E-state index in [0.717, 1.165) is 71.1 Å². The van der Waals surface area contributed by atoms with Gasteiger partial charge < -0.3 is 14.8 Å². The molecular formula is C27H28N2O5S. The Morgan fingerprint density at radius 3 is 2.69 bits per heavy atom. The third kappa shape index (κ3) is 4.55. The number of aryl methyl sites for hydroxylation is 2. The van der Waals surface area contributed by atoms with Crippen molar-refractivity contribution in [3.63, 3.8) is 0 Å². The van der Waals surface area contributed by atoms with Gasteiger partial charge in [-0.15, -0.1) is 11.3 Å². The number of nitrogens with one attached hydrogen (secondary N) is 1. The smallest absolute Gasteiger partial charge is 0.341 e. The molecule has 1 N–H and O–H groups in total. The Morgan fingerprint density at radius 2 is 1.86 bits per heavy atom.